The number of methoxy groups -OCH3 is 2. The Morgan fingerprint density at radius 1 is 1.03 bits per heavy atom. The minimum absolute atomic E-state index is 0.0883. The van der Waals surface area contributed by atoms with Crippen molar-refractivity contribution in [2.45, 2.75) is 13.3 Å². The number of nitrogens with zero attached hydrogens (tertiary/aromatic N) is 3. The number of hydrogen-bond donors (Lipinski definition) is 1. The minimum atomic E-state index is -0.0883. The number of fused-ring (bicyclic) bond motifs is 1. The zero-order chi connectivity index (χ0) is 24.4. The van der Waals surface area contributed by atoms with Crippen LogP contribution in [0.4, 0.5) is 0 Å². The second-order valence-corrected chi connectivity index (χ2v) is 9.72. The van der Waals surface area contributed by atoms with Gasteiger partial charge in [-0.2, -0.15) is 0 Å². The van der Waals surface area contributed by atoms with Gasteiger partial charge in [-0.1, -0.05) is 41.7 Å². The largest absolute Gasteiger partial charge is 0.493 e. The molecule has 2 aromatic carbocycles. The Kier molecular flexibility index (Phi) is 6.52. The molecule has 7 nitrogen and oxygen atoms in total. The van der Waals surface area contributed by atoms with Crippen LogP contribution in [0.25, 0.3) is 26.8 Å². The van der Waals surface area contributed by atoms with E-state index in [4.69, 9.17) is 19.4 Å². The van der Waals surface area contributed by atoms with E-state index < -0.39 is 0 Å². The standard InChI is InChI=1S/C26H24N4O3S2/c1-16-23(35-26-29-20(14-30(16)26)17-7-5-4-6-8-17)24(31)27-12-11-19-15-34-25(28-19)18-9-10-21(32-2)22(13-18)33-3/h4-10,13-15H,11-12H2,1-3H3,(H,27,31). The second-order valence-electron chi connectivity index (χ2n) is 7.88. The van der Waals surface area contributed by atoms with Crippen molar-refractivity contribution in [2.24, 2.45) is 0 Å². The molecule has 0 spiro atoms. The third-order valence-corrected chi connectivity index (χ3v) is 7.78. The first kappa shape index (κ1) is 23.1. The molecule has 0 unspecified atom stereocenters. The average molecular weight is 505 g/mol. The van der Waals surface area contributed by atoms with Crippen molar-refractivity contribution in [1.82, 2.24) is 19.7 Å². The molecule has 0 radical (unpaired) electrons. The lowest BCUT2D eigenvalue weighted by molar-refractivity contribution is 0.0957. The topological polar surface area (TPSA) is 77.8 Å². The van der Waals surface area contributed by atoms with Crippen LogP contribution in [0.2, 0.25) is 0 Å². The fourth-order valence-electron chi connectivity index (χ4n) is 3.82. The maximum atomic E-state index is 12.9. The Hall–Kier alpha value is -3.69. The molecule has 3 aromatic heterocycles. The van der Waals surface area contributed by atoms with E-state index in [1.807, 2.05) is 71.4 Å². The van der Waals surface area contributed by atoms with Crippen molar-refractivity contribution < 1.29 is 14.3 Å². The van der Waals surface area contributed by atoms with Crippen molar-refractivity contribution in [3.63, 3.8) is 0 Å². The molecule has 1 amide bonds. The summed E-state index contributed by atoms with van der Waals surface area (Å²) in [6.07, 6.45) is 2.63. The van der Waals surface area contributed by atoms with Crippen LogP contribution in [0.1, 0.15) is 21.1 Å². The minimum Gasteiger partial charge on any atom is -0.493 e. The monoisotopic (exact) mass is 504 g/mol. The lowest BCUT2D eigenvalue weighted by Gasteiger charge is -2.08. The number of amides is 1. The highest BCUT2D eigenvalue weighted by molar-refractivity contribution is 7.19. The van der Waals surface area contributed by atoms with Crippen LogP contribution in [0.5, 0.6) is 11.5 Å². The Morgan fingerprint density at radius 2 is 1.83 bits per heavy atom. The lowest BCUT2D eigenvalue weighted by atomic mass is 10.2. The fourth-order valence-corrected chi connectivity index (χ4v) is 5.69. The Balaban J connectivity index is 1.22. The predicted octanol–water partition coefficient (Wildman–Crippen LogP) is 5.48. The number of aryl methyl sites for hydroxylation is 1. The number of benzene rings is 2. The van der Waals surface area contributed by atoms with Gasteiger partial charge in [0.25, 0.3) is 5.91 Å². The number of nitrogens with one attached hydrogen (secondary N) is 1. The van der Waals surface area contributed by atoms with Crippen LogP contribution in [0.3, 0.4) is 0 Å². The summed E-state index contributed by atoms with van der Waals surface area (Å²) in [6, 6.07) is 15.8. The third-order valence-electron chi connectivity index (χ3n) is 5.68. The molecule has 35 heavy (non-hydrogen) atoms. The highest BCUT2D eigenvalue weighted by Gasteiger charge is 2.18. The van der Waals surface area contributed by atoms with E-state index in [0.29, 0.717) is 29.3 Å². The van der Waals surface area contributed by atoms with Gasteiger partial charge in [0.05, 0.1) is 25.6 Å². The van der Waals surface area contributed by atoms with Gasteiger partial charge in [0.1, 0.15) is 9.88 Å². The Bertz CT molecular complexity index is 1490. The number of hydrogen-bond acceptors (Lipinski definition) is 7. The maximum Gasteiger partial charge on any atom is 0.263 e. The first-order valence-corrected chi connectivity index (χ1v) is 12.8. The van der Waals surface area contributed by atoms with Crippen LogP contribution in [0.15, 0.2) is 60.1 Å². The quantitative estimate of drug-likeness (QED) is 0.303. The maximum absolute atomic E-state index is 12.9. The summed E-state index contributed by atoms with van der Waals surface area (Å²) in [6.45, 7) is 2.45. The molecule has 0 bridgehead atoms. The van der Waals surface area contributed by atoms with Crippen molar-refractivity contribution in [1.29, 1.82) is 0 Å². The van der Waals surface area contributed by atoms with Crippen LogP contribution >= 0.6 is 22.7 Å². The summed E-state index contributed by atoms with van der Waals surface area (Å²) in [4.78, 5) is 23.8. The van der Waals surface area contributed by atoms with Crippen molar-refractivity contribution >= 4 is 33.5 Å². The van der Waals surface area contributed by atoms with E-state index in [-0.39, 0.29) is 5.91 Å². The smallest absolute Gasteiger partial charge is 0.263 e. The average Bonchev–Trinajstić information content (AvgIpc) is 3.60. The molecule has 0 aliphatic rings. The summed E-state index contributed by atoms with van der Waals surface area (Å²) in [5, 5.41) is 5.95. The van der Waals surface area contributed by atoms with Crippen LogP contribution in [0, 0.1) is 6.92 Å². The van der Waals surface area contributed by atoms with Gasteiger partial charge in [-0.05, 0) is 25.1 Å². The van der Waals surface area contributed by atoms with Gasteiger partial charge in [-0.25, -0.2) is 9.97 Å². The molecule has 0 aliphatic carbocycles. The number of carbonyl (C=O) groups is 1. The van der Waals surface area contributed by atoms with Crippen LogP contribution in [-0.2, 0) is 6.42 Å². The lowest BCUT2D eigenvalue weighted by Crippen LogP contribution is -2.25. The van der Waals surface area contributed by atoms with Gasteiger partial charge in [0.15, 0.2) is 16.5 Å². The number of thiazole rings is 2. The molecular weight excluding hydrogens is 480 g/mol. The first-order chi connectivity index (χ1) is 17.1. The van der Waals surface area contributed by atoms with Gasteiger partial charge in [0.2, 0.25) is 0 Å². The molecular formula is C26H24N4O3S2. The zero-order valence-electron chi connectivity index (χ0n) is 19.6. The van der Waals surface area contributed by atoms with E-state index in [0.717, 1.165) is 38.2 Å². The molecule has 5 rings (SSSR count). The summed E-state index contributed by atoms with van der Waals surface area (Å²) in [5.74, 6) is 1.26. The van der Waals surface area contributed by atoms with Gasteiger partial charge < -0.3 is 14.8 Å². The normalized spacial score (nSPS) is 11.1. The van der Waals surface area contributed by atoms with Crippen molar-refractivity contribution in [2.75, 3.05) is 20.8 Å². The number of carbonyl (C=O) groups excluding carboxylic acids is 1. The molecule has 0 atom stereocenters. The summed E-state index contributed by atoms with van der Waals surface area (Å²) >= 11 is 2.97. The number of ether oxygens (including phenoxy) is 2. The van der Waals surface area contributed by atoms with Gasteiger partial charge >= 0.3 is 0 Å². The van der Waals surface area contributed by atoms with Crippen LogP contribution < -0.4 is 14.8 Å². The summed E-state index contributed by atoms with van der Waals surface area (Å²) in [7, 11) is 3.23. The fraction of sp³-hybridized carbons (Fsp3) is 0.192. The molecule has 5 aromatic rings. The van der Waals surface area contributed by atoms with Gasteiger partial charge in [0, 0.05) is 41.4 Å². The molecule has 3 heterocycles. The Morgan fingerprint density at radius 3 is 2.57 bits per heavy atom. The van der Waals surface area contributed by atoms with Crippen molar-refractivity contribution in [3.05, 3.63) is 76.4 Å². The van der Waals surface area contributed by atoms with E-state index in [9.17, 15) is 4.79 Å². The third kappa shape index (κ3) is 4.65. The Labute approximate surface area is 211 Å². The van der Waals surface area contributed by atoms with E-state index >= 15 is 0 Å². The van der Waals surface area contributed by atoms with E-state index in [1.54, 1.807) is 25.6 Å². The highest BCUT2D eigenvalue weighted by atomic mass is 32.1. The number of imidazole rings is 1. The molecule has 9 heteroatoms. The molecule has 1 N–H and O–H groups in total. The molecule has 0 fully saturated rings. The summed E-state index contributed by atoms with van der Waals surface area (Å²) in [5.41, 5.74) is 4.76. The van der Waals surface area contributed by atoms with E-state index in [1.165, 1.54) is 11.3 Å². The number of aromatic nitrogens is 3. The molecule has 0 saturated heterocycles. The molecule has 0 aliphatic heterocycles. The number of rotatable bonds is 8. The second kappa shape index (κ2) is 9.89. The van der Waals surface area contributed by atoms with Gasteiger partial charge in [-0.15, -0.1) is 11.3 Å². The van der Waals surface area contributed by atoms with Gasteiger partial charge in [-0.3, -0.25) is 9.20 Å². The summed E-state index contributed by atoms with van der Waals surface area (Å²) < 4.78 is 12.7. The van der Waals surface area contributed by atoms with Crippen molar-refractivity contribution in [3.8, 4) is 33.3 Å². The molecule has 0 saturated carbocycles. The highest BCUT2D eigenvalue weighted by Crippen LogP contribution is 2.33. The van der Waals surface area contributed by atoms with Crippen LogP contribution in [-0.4, -0.2) is 41.0 Å². The first-order valence-electron chi connectivity index (χ1n) is 11.1. The molecule has 178 valence electrons. The van der Waals surface area contributed by atoms with E-state index in [2.05, 4.69) is 5.32 Å². The zero-order valence-corrected chi connectivity index (χ0v) is 21.2. The SMILES string of the molecule is COc1ccc(-c2nc(CCNC(=O)c3sc4nc(-c5ccccc5)cn4c3C)cs2)cc1OC. The predicted molar refractivity (Wildman–Crippen MR) is 140 cm³/mol.